The summed E-state index contributed by atoms with van der Waals surface area (Å²) in [5, 5.41) is 0.509. The van der Waals surface area contributed by atoms with E-state index in [-0.39, 0.29) is 16.8 Å². The second-order valence-electron chi connectivity index (χ2n) is 7.96. The van der Waals surface area contributed by atoms with Gasteiger partial charge in [-0.15, -0.1) is 0 Å². The van der Waals surface area contributed by atoms with Crippen molar-refractivity contribution in [3.8, 4) is 0 Å². The Morgan fingerprint density at radius 3 is 2.53 bits per heavy atom. The fraction of sp³-hybridized carbons (Fsp3) is 0.261. The Morgan fingerprint density at radius 1 is 0.971 bits per heavy atom. The average Bonchev–Trinajstić information content (AvgIpc) is 3.30. The predicted octanol–water partition coefficient (Wildman–Crippen LogP) is 1.25. The Bertz CT molecular complexity index is 1620. The summed E-state index contributed by atoms with van der Waals surface area (Å²) in [6.45, 7) is 0.437. The lowest BCUT2D eigenvalue weighted by atomic mass is 10.1. The van der Waals surface area contributed by atoms with Crippen LogP contribution in [0.3, 0.4) is 0 Å². The van der Waals surface area contributed by atoms with Crippen LogP contribution in [-0.4, -0.2) is 40.1 Å². The van der Waals surface area contributed by atoms with Crippen LogP contribution in [0.5, 0.6) is 0 Å². The monoisotopic (exact) mass is 475 g/mol. The van der Waals surface area contributed by atoms with Gasteiger partial charge >= 0.3 is 5.69 Å². The Balaban J connectivity index is 1.46. The van der Waals surface area contributed by atoms with Gasteiger partial charge in [0.1, 0.15) is 5.69 Å². The Labute approximate surface area is 197 Å². The minimum atomic E-state index is -0.406. The molecule has 0 bridgehead atoms. The maximum atomic E-state index is 13.2. The predicted molar refractivity (Wildman–Crippen MR) is 130 cm³/mol. The first kappa shape index (κ1) is 22.0. The van der Waals surface area contributed by atoms with Gasteiger partial charge in [0.05, 0.1) is 5.69 Å². The van der Waals surface area contributed by atoms with Crippen molar-refractivity contribution in [3.05, 3.63) is 85.2 Å². The molecule has 0 amide bonds. The van der Waals surface area contributed by atoms with Gasteiger partial charge in [-0.1, -0.05) is 42.1 Å². The van der Waals surface area contributed by atoms with Gasteiger partial charge in [0, 0.05) is 50.9 Å². The van der Waals surface area contributed by atoms with E-state index in [1.807, 2.05) is 30.3 Å². The molecule has 1 aromatic carbocycles. The molecule has 0 spiro atoms. The normalized spacial score (nSPS) is 12.7. The van der Waals surface area contributed by atoms with Crippen LogP contribution in [0.25, 0.3) is 11.2 Å². The highest BCUT2D eigenvalue weighted by atomic mass is 32.2. The van der Waals surface area contributed by atoms with E-state index < -0.39 is 5.56 Å². The van der Waals surface area contributed by atoms with Gasteiger partial charge in [0.2, 0.25) is 0 Å². The molecule has 11 heteroatoms. The summed E-state index contributed by atoms with van der Waals surface area (Å²) < 4.78 is 4.13. The number of hydrogen-bond donors (Lipinski definition) is 0. The van der Waals surface area contributed by atoms with Crippen LogP contribution < -0.4 is 16.8 Å². The number of nitrogens with zero attached hydrogens (tertiary/aromatic N) is 7. The lowest BCUT2D eigenvalue weighted by Gasteiger charge is -2.12. The van der Waals surface area contributed by atoms with Gasteiger partial charge in [-0.2, -0.15) is 0 Å². The number of aliphatic imine (C=N–C) groups is 1. The van der Waals surface area contributed by atoms with Crippen molar-refractivity contribution in [2.45, 2.75) is 24.5 Å². The van der Waals surface area contributed by atoms with Crippen LogP contribution in [0, 0.1) is 0 Å². The Kier molecular flexibility index (Phi) is 5.70. The minimum Gasteiger partial charge on any atom is -0.298 e. The molecule has 10 nitrogen and oxygen atoms in total. The molecule has 4 aromatic rings. The van der Waals surface area contributed by atoms with Crippen molar-refractivity contribution in [2.24, 2.45) is 19.1 Å². The lowest BCUT2D eigenvalue weighted by Crippen LogP contribution is -2.37. The van der Waals surface area contributed by atoms with Gasteiger partial charge < -0.3 is 0 Å². The largest absolute Gasteiger partial charge is 0.330 e. The molecule has 0 N–H and O–H groups in total. The van der Waals surface area contributed by atoms with E-state index in [1.54, 1.807) is 11.6 Å². The van der Waals surface area contributed by atoms with E-state index in [4.69, 9.17) is 0 Å². The average molecular weight is 476 g/mol. The summed E-state index contributed by atoms with van der Waals surface area (Å²) in [6, 6.07) is 9.91. The van der Waals surface area contributed by atoms with Gasteiger partial charge in [-0.3, -0.25) is 23.3 Å². The van der Waals surface area contributed by atoms with E-state index in [1.165, 1.54) is 35.8 Å². The zero-order valence-electron chi connectivity index (χ0n) is 18.6. The van der Waals surface area contributed by atoms with Crippen LogP contribution in [-0.2, 0) is 33.5 Å². The van der Waals surface area contributed by atoms with Gasteiger partial charge in [0.25, 0.3) is 11.1 Å². The number of rotatable bonds is 6. The molecule has 0 fully saturated rings. The molecule has 5 rings (SSSR count). The molecule has 172 valence electrons. The van der Waals surface area contributed by atoms with E-state index in [0.29, 0.717) is 47.3 Å². The molecule has 0 radical (unpaired) electrons. The summed E-state index contributed by atoms with van der Waals surface area (Å²) >= 11 is 1.36. The van der Waals surface area contributed by atoms with Crippen molar-refractivity contribution in [1.82, 2.24) is 28.7 Å². The zero-order valence-corrected chi connectivity index (χ0v) is 19.4. The second-order valence-corrected chi connectivity index (χ2v) is 8.90. The molecular formula is C23H21N7O3S. The van der Waals surface area contributed by atoms with Crippen LogP contribution in [0.4, 0.5) is 5.69 Å². The van der Waals surface area contributed by atoms with E-state index in [9.17, 15) is 14.4 Å². The van der Waals surface area contributed by atoms with Gasteiger partial charge in [-0.05, 0) is 12.0 Å². The summed E-state index contributed by atoms with van der Waals surface area (Å²) in [7, 11) is 3.08. The first-order valence-corrected chi connectivity index (χ1v) is 11.7. The number of aromatic nitrogens is 6. The van der Waals surface area contributed by atoms with Crippen molar-refractivity contribution in [1.29, 1.82) is 0 Å². The smallest absolute Gasteiger partial charge is 0.298 e. The molecule has 0 atom stereocenters. The summed E-state index contributed by atoms with van der Waals surface area (Å²) in [6.07, 6.45) is 4.04. The zero-order chi connectivity index (χ0) is 23.8. The highest BCUT2D eigenvalue weighted by Crippen LogP contribution is 2.25. The maximum Gasteiger partial charge on any atom is 0.330 e. The molecule has 0 saturated carbocycles. The van der Waals surface area contributed by atoms with E-state index in [2.05, 4.69) is 19.9 Å². The standard InChI is InChI=1S/C23H21N7O3S/c1-28-16-12-15(26-17(16)20(31)29(2)23(28)33)13-34-22-27-19-18(24-9-10-25-19)21(32)30(22)11-8-14-6-4-3-5-7-14/h3-7,9-10H,8,11-13H2,1-2H3. The first-order valence-electron chi connectivity index (χ1n) is 10.7. The second kappa shape index (κ2) is 8.82. The molecular weight excluding hydrogens is 454 g/mol. The topological polar surface area (TPSA) is 117 Å². The molecule has 0 saturated heterocycles. The summed E-state index contributed by atoms with van der Waals surface area (Å²) in [5.74, 6) is 0.412. The lowest BCUT2D eigenvalue weighted by molar-refractivity contribution is 0.593. The molecule has 1 aliphatic rings. The van der Waals surface area contributed by atoms with E-state index in [0.717, 1.165) is 15.8 Å². The molecule has 34 heavy (non-hydrogen) atoms. The fourth-order valence-electron chi connectivity index (χ4n) is 3.93. The third-order valence-corrected chi connectivity index (χ3v) is 6.84. The minimum absolute atomic E-state index is 0.226. The third kappa shape index (κ3) is 3.87. The van der Waals surface area contributed by atoms with Crippen LogP contribution in [0.1, 0.15) is 11.3 Å². The third-order valence-electron chi connectivity index (χ3n) is 5.79. The van der Waals surface area contributed by atoms with Gasteiger partial charge in [-0.25, -0.2) is 24.7 Å². The van der Waals surface area contributed by atoms with Crippen molar-refractivity contribution in [2.75, 3.05) is 5.75 Å². The molecule has 0 aliphatic carbocycles. The Hall–Kier alpha value is -3.86. The van der Waals surface area contributed by atoms with E-state index >= 15 is 0 Å². The van der Waals surface area contributed by atoms with Crippen LogP contribution in [0.2, 0.25) is 0 Å². The summed E-state index contributed by atoms with van der Waals surface area (Å²) in [5.41, 5.74) is 2.22. The SMILES string of the molecule is Cn1c2c(c(=O)n(C)c1=O)N=C(CSc1nc3nccnc3c(=O)n1CCc1ccccc1)C2. The number of benzene rings is 1. The number of hydrogen-bond acceptors (Lipinski definition) is 8. The molecule has 3 aromatic heterocycles. The van der Waals surface area contributed by atoms with Gasteiger partial charge in [0.15, 0.2) is 16.3 Å². The quantitative estimate of drug-likeness (QED) is 0.304. The number of thioether (sulfide) groups is 1. The molecule has 0 unspecified atom stereocenters. The van der Waals surface area contributed by atoms with Crippen molar-refractivity contribution in [3.63, 3.8) is 0 Å². The van der Waals surface area contributed by atoms with Crippen LogP contribution in [0.15, 0.2) is 67.3 Å². The first-order chi connectivity index (χ1) is 16.4. The fourth-order valence-corrected chi connectivity index (χ4v) is 4.87. The molecule has 1 aliphatic heterocycles. The maximum absolute atomic E-state index is 13.2. The van der Waals surface area contributed by atoms with Crippen molar-refractivity contribution >= 4 is 34.3 Å². The van der Waals surface area contributed by atoms with Crippen LogP contribution >= 0.6 is 11.8 Å². The molecule has 4 heterocycles. The highest BCUT2D eigenvalue weighted by Gasteiger charge is 2.23. The van der Waals surface area contributed by atoms with Crippen molar-refractivity contribution < 1.29 is 0 Å². The number of aryl methyl sites for hydroxylation is 1. The number of fused-ring (bicyclic) bond motifs is 2. The highest BCUT2D eigenvalue weighted by molar-refractivity contribution is 7.99. The summed E-state index contributed by atoms with van der Waals surface area (Å²) in [4.78, 5) is 55.4. The Morgan fingerprint density at radius 2 is 1.74 bits per heavy atom.